The Morgan fingerprint density at radius 2 is 1.88 bits per heavy atom. The van der Waals surface area contributed by atoms with Crippen molar-refractivity contribution < 1.29 is 9.53 Å². The predicted molar refractivity (Wildman–Crippen MR) is 128 cm³/mol. The fraction of sp³-hybridized carbons (Fsp3) is 0.280. The summed E-state index contributed by atoms with van der Waals surface area (Å²) >= 11 is 0. The van der Waals surface area contributed by atoms with Gasteiger partial charge in [0.1, 0.15) is 5.82 Å². The van der Waals surface area contributed by atoms with Crippen molar-refractivity contribution in [2.45, 2.75) is 6.42 Å². The van der Waals surface area contributed by atoms with Crippen LogP contribution in [-0.4, -0.2) is 60.2 Å². The van der Waals surface area contributed by atoms with E-state index in [1.807, 2.05) is 24.3 Å². The van der Waals surface area contributed by atoms with Gasteiger partial charge in [0.05, 0.1) is 24.5 Å². The molecule has 0 spiro atoms. The molecule has 7 heteroatoms. The maximum atomic E-state index is 12.0. The maximum Gasteiger partial charge on any atom is 0.252 e. The third kappa shape index (κ3) is 4.17. The van der Waals surface area contributed by atoms with Gasteiger partial charge in [0, 0.05) is 47.0 Å². The summed E-state index contributed by atoms with van der Waals surface area (Å²) in [5.41, 5.74) is 10.0. The van der Waals surface area contributed by atoms with Gasteiger partial charge < -0.3 is 20.8 Å². The minimum absolute atomic E-state index is 0.410. The van der Waals surface area contributed by atoms with E-state index in [0.717, 1.165) is 73.5 Å². The number of fused-ring (bicyclic) bond motifs is 3. The summed E-state index contributed by atoms with van der Waals surface area (Å²) in [5, 5.41) is 5.66. The number of H-pyrrole nitrogens is 1. The van der Waals surface area contributed by atoms with E-state index in [0.29, 0.717) is 11.4 Å². The number of aromatic amines is 1. The number of rotatable bonds is 7. The van der Waals surface area contributed by atoms with Gasteiger partial charge in [-0.3, -0.25) is 9.69 Å². The molecule has 1 amide bonds. The molecule has 1 saturated heterocycles. The molecule has 2 aromatic carbocycles. The Morgan fingerprint density at radius 1 is 1.06 bits per heavy atom. The topological polar surface area (TPSA) is 96.3 Å². The van der Waals surface area contributed by atoms with Crippen LogP contribution in [0.15, 0.2) is 54.6 Å². The van der Waals surface area contributed by atoms with Gasteiger partial charge in [0.2, 0.25) is 0 Å². The van der Waals surface area contributed by atoms with E-state index in [4.69, 9.17) is 15.5 Å². The number of morpholine rings is 1. The summed E-state index contributed by atoms with van der Waals surface area (Å²) < 4.78 is 5.40. The molecule has 0 atom stereocenters. The minimum Gasteiger partial charge on any atom is -0.379 e. The largest absolute Gasteiger partial charge is 0.379 e. The summed E-state index contributed by atoms with van der Waals surface area (Å²) in [6, 6.07) is 18.1. The number of hydrogen-bond acceptors (Lipinski definition) is 5. The number of hydrogen-bond donors (Lipinski definition) is 3. The average Bonchev–Trinajstić information content (AvgIpc) is 3.20. The first kappa shape index (κ1) is 20.5. The molecule has 0 bridgehead atoms. The van der Waals surface area contributed by atoms with Gasteiger partial charge in [-0.2, -0.15) is 0 Å². The Hall–Kier alpha value is -3.42. The molecule has 4 aromatic rings. The highest BCUT2D eigenvalue weighted by molar-refractivity contribution is 6.08. The number of aromatic nitrogens is 2. The van der Waals surface area contributed by atoms with Crippen LogP contribution in [0.2, 0.25) is 0 Å². The SMILES string of the molecule is NC(=O)c1ccc(-c2ccc3[nH]c4ccccc4c3c2)nc1NCCCN1CCOCC1. The van der Waals surface area contributed by atoms with Crippen LogP contribution < -0.4 is 11.1 Å². The van der Waals surface area contributed by atoms with E-state index >= 15 is 0 Å². The summed E-state index contributed by atoms with van der Waals surface area (Å²) in [6.45, 7) is 5.23. The molecule has 4 N–H and O–H groups in total. The first-order valence-electron chi connectivity index (χ1n) is 11.0. The standard InChI is InChI=1S/C25H27N5O2/c26-24(31)19-7-9-21(29-25(19)27-10-3-11-30-12-14-32-15-13-30)17-6-8-23-20(16-17)18-4-1-2-5-22(18)28-23/h1-2,4-9,16,28H,3,10-15H2,(H2,26,31)(H,27,29). The summed E-state index contributed by atoms with van der Waals surface area (Å²) in [6.07, 6.45) is 0.950. The molecular weight excluding hydrogens is 402 g/mol. The number of nitrogens with two attached hydrogens (primary N) is 1. The van der Waals surface area contributed by atoms with E-state index in [-0.39, 0.29) is 0 Å². The van der Waals surface area contributed by atoms with Crippen molar-refractivity contribution in [3.05, 3.63) is 60.2 Å². The Bertz CT molecular complexity index is 1260. The zero-order chi connectivity index (χ0) is 21.9. The van der Waals surface area contributed by atoms with Crippen LogP contribution in [0.1, 0.15) is 16.8 Å². The highest BCUT2D eigenvalue weighted by Crippen LogP contribution is 2.30. The first-order chi connectivity index (χ1) is 15.7. The lowest BCUT2D eigenvalue weighted by Gasteiger charge is -2.26. The number of ether oxygens (including phenoxy) is 1. The molecule has 2 aromatic heterocycles. The number of benzene rings is 2. The first-order valence-corrected chi connectivity index (χ1v) is 11.0. The maximum absolute atomic E-state index is 12.0. The number of primary amides is 1. The number of para-hydroxylation sites is 1. The lowest BCUT2D eigenvalue weighted by Crippen LogP contribution is -2.37. The molecular formula is C25H27N5O2. The van der Waals surface area contributed by atoms with Gasteiger partial charge in [-0.15, -0.1) is 0 Å². The summed E-state index contributed by atoms with van der Waals surface area (Å²) in [4.78, 5) is 22.6. The van der Waals surface area contributed by atoms with E-state index in [1.165, 1.54) is 5.39 Å². The van der Waals surface area contributed by atoms with Crippen LogP contribution in [0.25, 0.3) is 33.1 Å². The van der Waals surface area contributed by atoms with Gasteiger partial charge in [0.15, 0.2) is 0 Å². The van der Waals surface area contributed by atoms with Crippen LogP contribution >= 0.6 is 0 Å². The second kappa shape index (κ2) is 8.98. The van der Waals surface area contributed by atoms with Crippen molar-refractivity contribution in [3.8, 4) is 11.3 Å². The highest BCUT2D eigenvalue weighted by Gasteiger charge is 2.14. The quantitative estimate of drug-likeness (QED) is 0.390. The smallest absolute Gasteiger partial charge is 0.252 e. The second-order valence-corrected chi connectivity index (χ2v) is 8.12. The predicted octanol–water partition coefficient (Wildman–Crippen LogP) is 3.62. The summed E-state index contributed by atoms with van der Waals surface area (Å²) in [7, 11) is 0. The van der Waals surface area contributed by atoms with Crippen molar-refractivity contribution in [1.29, 1.82) is 0 Å². The molecule has 7 nitrogen and oxygen atoms in total. The van der Waals surface area contributed by atoms with Crippen LogP contribution in [0, 0.1) is 0 Å². The highest BCUT2D eigenvalue weighted by atomic mass is 16.5. The van der Waals surface area contributed by atoms with Crippen LogP contribution in [-0.2, 0) is 4.74 Å². The Kier molecular flexibility index (Phi) is 5.75. The Morgan fingerprint density at radius 3 is 2.72 bits per heavy atom. The van der Waals surface area contributed by atoms with E-state index in [9.17, 15) is 4.79 Å². The molecule has 1 aliphatic rings. The number of pyridine rings is 1. The van der Waals surface area contributed by atoms with Crippen molar-refractivity contribution in [3.63, 3.8) is 0 Å². The number of anilines is 1. The van der Waals surface area contributed by atoms with Gasteiger partial charge >= 0.3 is 0 Å². The Balaban J connectivity index is 1.38. The minimum atomic E-state index is -0.480. The molecule has 0 saturated carbocycles. The molecule has 5 rings (SSSR count). The normalized spacial score (nSPS) is 14.8. The van der Waals surface area contributed by atoms with Gasteiger partial charge in [-0.1, -0.05) is 24.3 Å². The fourth-order valence-corrected chi connectivity index (χ4v) is 4.30. The van der Waals surface area contributed by atoms with Crippen molar-refractivity contribution >= 4 is 33.5 Å². The van der Waals surface area contributed by atoms with Gasteiger partial charge in [-0.25, -0.2) is 4.98 Å². The van der Waals surface area contributed by atoms with E-state index < -0.39 is 5.91 Å². The number of nitrogens with zero attached hydrogens (tertiary/aromatic N) is 2. The Labute approximate surface area is 186 Å². The van der Waals surface area contributed by atoms with Crippen LogP contribution in [0.4, 0.5) is 5.82 Å². The third-order valence-corrected chi connectivity index (χ3v) is 6.01. The zero-order valence-corrected chi connectivity index (χ0v) is 17.9. The molecule has 1 aliphatic heterocycles. The molecule has 0 unspecified atom stereocenters. The van der Waals surface area contributed by atoms with Gasteiger partial charge in [0.25, 0.3) is 5.91 Å². The lowest BCUT2D eigenvalue weighted by atomic mass is 10.1. The number of carbonyl (C=O) groups is 1. The van der Waals surface area contributed by atoms with Crippen molar-refractivity contribution in [2.24, 2.45) is 5.73 Å². The molecule has 3 heterocycles. The number of amides is 1. The third-order valence-electron chi connectivity index (χ3n) is 6.01. The molecule has 164 valence electrons. The van der Waals surface area contributed by atoms with E-state index in [1.54, 1.807) is 6.07 Å². The average molecular weight is 430 g/mol. The second-order valence-electron chi connectivity index (χ2n) is 8.12. The zero-order valence-electron chi connectivity index (χ0n) is 17.9. The van der Waals surface area contributed by atoms with Crippen LogP contribution in [0.5, 0.6) is 0 Å². The molecule has 1 fully saturated rings. The van der Waals surface area contributed by atoms with Crippen molar-refractivity contribution in [1.82, 2.24) is 14.9 Å². The monoisotopic (exact) mass is 429 g/mol. The van der Waals surface area contributed by atoms with Crippen molar-refractivity contribution in [2.75, 3.05) is 44.7 Å². The number of carbonyl (C=O) groups excluding carboxylic acids is 1. The van der Waals surface area contributed by atoms with Gasteiger partial charge in [-0.05, 0) is 43.3 Å². The molecule has 32 heavy (non-hydrogen) atoms. The molecule has 0 radical (unpaired) electrons. The molecule has 0 aliphatic carbocycles. The van der Waals surface area contributed by atoms with Crippen LogP contribution in [0.3, 0.4) is 0 Å². The van der Waals surface area contributed by atoms with E-state index in [2.05, 4.69) is 39.5 Å². The number of nitrogens with one attached hydrogen (secondary N) is 2. The lowest BCUT2D eigenvalue weighted by molar-refractivity contribution is 0.0378. The summed E-state index contributed by atoms with van der Waals surface area (Å²) in [5.74, 6) is 0.0582. The fourth-order valence-electron chi connectivity index (χ4n) is 4.30.